The minimum absolute atomic E-state index is 0.00728. The van der Waals surface area contributed by atoms with E-state index in [1.165, 1.54) is 35.1 Å². The van der Waals surface area contributed by atoms with Gasteiger partial charge in [0.05, 0.1) is 13.7 Å². The molecule has 24 heavy (non-hydrogen) atoms. The second-order valence-electron chi connectivity index (χ2n) is 6.99. The van der Waals surface area contributed by atoms with Gasteiger partial charge in [0, 0.05) is 13.1 Å². The fraction of sp³-hybridized carbons (Fsp3) is 0.429. The van der Waals surface area contributed by atoms with E-state index in [-0.39, 0.29) is 6.10 Å². The third-order valence-electron chi connectivity index (χ3n) is 5.11. The van der Waals surface area contributed by atoms with Crippen molar-refractivity contribution in [1.82, 2.24) is 4.90 Å². The largest absolute Gasteiger partial charge is 0.497 e. The molecule has 2 aromatic rings. The first kappa shape index (κ1) is 15.7. The van der Waals surface area contributed by atoms with Gasteiger partial charge in [0.1, 0.15) is 11.9 Å². The van der Waals surface area contributed by atoms with Crippen molar-refractivity contribution in [2.24, 2.45) is 0 Å². The van der Waals surface area contributed by atoms with Gasteiger partial charge >= 0.3 is 0 Å². The van der Waals surface area contributed by atoms with Crippen LogP contribution in [0.15, 0.2) is 42.5 Å². The Morgan fingerprint density at radius 3 is 2.50 bits per heavy atom. The Kier molecular flexibility index (Phi) is 4.30. The molecule has 1 heterocycles. The van der Waals surface area contributed by atoms with Crippen molar-refractivity contribution in [2.45, 2.75) is 31.4 Å². The van der Waals surface area contributed by atoms with Crippen molar-refractivity contribution in [3.63, 3.8) is 0 Å². The number of rotatable bonds is 3. The zero-order chi connectivity index (χ0) is 16.5. The van der Waals surface area contributed by atoms with Crippen LogP contribution in [0.2, 0.25) is 0 Å². The van der Waals surface area contributed by atoms with Crippen LogP contribution in [0.25, 0.3) is 0 Å². The molecule has 2 aromatic carbocycles. The summed E-state index contributed by atoms with van der Waals surface area (Å²) in [7, 11) is 3.87. The van der Waals surface area contributed by atoms with Crippen molar-refractivity contribution in [3.05, 3.63) is 64.7 Å². The lowest BCUT2D eigenvalue weighted by molar-refractivity contribution is 0.0553. The van der Waals surface area contributed by atoms with Gasteiger partial charge < -0.3 is 9.47 Å². The first-order valence-electron chi connectivity index (χ1n) is 8.81. The summed E-state index contributed by atoms with van der Waals surface area (Å²) in [5, 5.41) is 0. The predicted molar refractivity (Wildman–Crippen MR) is 95.5 cm³/mol. The molecule has 3 nitrogen and oxygen atoms in total. The van der Waals surface area contributed by atoms with Crippen LogP contribution in [0, 0.1) is 0 Å². The molecule has 1 fully saturated rings. The van der Waals surface area contributed by atoms with Gasteiger partial charge in [-0.1, -0.05) is 30.3 Å². The van der Waals surface area contributed by atoms with Gasteiger partial charge in [0.25, 0.3) is 0 Å². The molecule has 0 spiro atoms. The summed E-state index contributed by atoms with van der Waals surface area (Å²) < 4.78 is 11.6. The van der Waals surface area contributed by atoms with Crippen LogP contribution in [0.4, 0.5) is 0 Å². The average Bonchev–Trinajstić information content (AvgIpc) is 3.43. The van der Waals surface area contributed by atoms with Crippen LogP contribution in [0.1, 0.15) is 47.1 Å². The summed E-state index contributed by atoms with van der Waals surface area (Å²) in [5.41, 5.74) is 5.40. The lowest BCUT2D eigenvalue weighted by Crippen LogP contribution is -2.28. The van der Waals surface area contributed by atoms with Crippen molar-refractivity contribution in [3.8, 4) is 5.75 Å². The van der Waals surface area contributed by atoms with Gasteiger partial charge in [-0.05, 0) is 60.2 Å². The Balaban J connectivity index is 1.72. The van der Waals surface area contributed by atoms with E-state index in [2.05, 4.69) is 42.3 Å². The van der Waals surface area contributed by atoms with E-state index in [9.17, 15) is 0 Å². The minimum Gasteiger partial charge on any atom is -0.497 e. The molecule has 126 valence electrons. The van der Waals surface area contributed by atoms with Gasteiger partial charge in [-0.15, -0.1) is 0 Å². The minimum atomic E-state index is 0.00728. The summed E-state index contributed by atoms with van der Waals surface area (Å²) in [5.74, 6) is 1.67. The van der Waals surface area contributed by atoms with E-state index in [1.54, 1.807) is 7.11 Å². The number of methoxy groups -OCH3 is 1. The maximum absolute atomic E-state index is 6.27. The maximum Gasteiger partial charge on any atom is 0.118 e. The number of benzene rings is 2. The van der Waals surface area contributed by atoms with E-state index in [1.807, 2.05) is 12.1 Å². The Morgan fingerprint density at radius 1 is 1.04 bits per heavy atom. The zero-order valence-corrected chi connectivity index (χ0v) is 14.5. The molecule has 1 unspecified atom stereocenters. The smallest absolute Gasteiger partial charge is 0.118 e. The number of hydrogen-bond acceptors (Lipinski definition) is 3. The summed E-state index contributed by atoms with van der Waals surface area (Å²) in [6, 6.07) is 15.3. The molecule has 2 aliphatic rings. The molecule has 0 amide bonds. The Hall–Kier alpha value is -1.84. The number of hydrogen-bond donors (Lipinski definition) is 0. The summed E-state index contributed by atoms with van der Waals surface area (Å²) in [4.78, 5) is 2.35. The quantitative estimate of drug-likeness (QED) is 0.848. The first-order chi connectivity index (χ1) is 11.7. The van der Waals surface area contributed by atoms with Gasteiger partial charge in [-0.25, -0.2) is 0 Å². The van der Waals surface area contributed by atoms with E-state index >= 15 is 0 Å². The summed E-state index contributed by atoms with van der Waals surface area (Å²) >= 11 is 0. The van der Waals surface area contributed by atoms with Crippen molar-refractivity contribution >= 4 is 0 Å². The topological polar surface area (TPSA) is 21.7 Å². The highest BCUT2D eigenvalue weighted by atomic mass is 16.5. The van der Waals surface area contributed by atoms with E-state index < -0.39 is 0 Å². The van der Waals surface area contributed by atoms with Crippen LogP contribution in [0.3, 0.4) is 0 Å². The molecule has 0 saturated heterocycles. The molecule has 1 aliphatic heterocycles. The second kappa shape index (κ2) is 6.58. The Labute approximate surface area is 144 Å². The third kappa shape index (κ3) is 3.19. The van der Waals surface area contributed by atoms with Crippen LogP contribution in [-0.2, 0) is 11.3 Å². The molecule has 3 heteroatoms. The lowest BCUT2D eigenvalue weighted by atomic mass is 9.93. The lowest BCUT2D eigenvalue weighted by Gasteiger charge is -2.29. The molecule has 1 saturated carbocycles. The Bertz CT molecular complexity index is 706. The highest BCUT2D eigenvalue weighted by Crippen LogP contribution is 2.42. The van der Waals surface area contributed by atoms with E-state index in [4.69, 9.17) is 9.47 Å². The molecule has 0 N–H and O–H groups in total. The van der Waals surface area contributed by atoms with Gasteiger partial charge in [0.15, 0.2) is 0 Å². The molecule has 1 atom stereocenters. The molecular formula is C21H25NO2. The standard InChI is InChI=1S/C21H25NO2/c1-22-11-12-24-21(16-5-8-19(23-2)9-6-16)20-10-7-17(15-3-4-15)13-18(20)14-22/h5-10,13,15,21H,3-4,11-12,14H2,1-2H3. The van der Waals surface area contributed by atoms with Crippen LogP contribution >= 0.6 is 0 Å². The fourth-order valence-electron chi connectivity index (χ4n) is 3.53. The van der Waals surface area contributed by atoms with Gasteiger partial charge in [0.2, 0.25) is 0 Å². The number of likely N-dealkylation sites (N-methyl/N-ethyl adjacent to an activating group) is 1. The molecule has 4 rings (SSSR count). The van der Waals surface area contributed by atoms with Crippen LogP contribution in [-0.4, -0.2) is 32.2 Å². The van der Waals surface area contributed by atoms with E-state index in [0.29, 0.717) is 0 Å². The first-order valence-corrected chi connectivity index (χ1v) is 8.81. The number of ether oxygens (including phenoxy) is 2. The van der Waals surface area contributed by atoms with Crippen molar-refractivity contribution < 1.29 is 9.47 Å². The highest BCUT2D eigenvalue weighted by Gasteiger charge is 2.27. The molecule has 0 bridgehead atoms. The molecular weight excluding hydrogens is 298 g/mol. The third-order valence-corrected chi connectivity index (χ3v) is 5.11. The normalized spacial score (nSPS) is 21.7. The van der Waals surface area contributed by atoms with Gasteiger partial charge in [-0.3, -0.25) is 4.90 Å². The van der Waals surface area contributed by atoms with Gasteiger partial charge in [-0.2, -0.15) is 0 Å². The van der Waals surface area contributed by atoms with Crippen molar-refractivity contribution in [1.29, 1.82) is 0 Å². The Morgan fingerprint density at radius 2 is 1.79 bits per heavy atom. The predicted octanol–water partition coefficient (Wildman–Crippen LogP) is 4.12. The molecule has 0 aromatic heterocycles. The monoisotopic (exact) mass is 323 g/mol. The molecule has 0 radical (unpaired) electrons. The highest BCUT2D eigenvalue weighted by molar-refractivity contribution is 5.42. The zero-order valence-electron chi connectivity index (χ0n) is 14.5. The summed E-state index contributed by atoms with van der Waals surface area (Å²) in [6.07, 6.45) is 2.69. The number of fused-ring (bicyclic) bond motifs is 1. The molecule has 1 aliphatic carbocycles. The second-order valence-corrected chi connectivity index (χ2v) is 6.99. The number of nitrogens with zero attached hydrogens (tertiary/aromatic N) is 1. The maximum atomic E-state index is 6.27. The summed E-state index contributed by atoms with van der Waals surface area (Å²) in [6.45, 7) is 2.70. The fourth-order valence-corrected chi connectivity index (χ4v) is 3.53. The average molecular weight is 323 g/mol. The van der Waals surface area contributed by atoms with Crippen LogP contribution < -0.4 is 4.74 Å². The van der Waals surface area contributed by atoms with E-state index in [0.717, 1.165) is 31.4 Å². The van der Waals surface area contributed by atoms with Crippen LogP contribution in [0.5, 0.6) is 5.75 Å². The van der Waals surface area contributed by atoms with Crippen molar-refractivity contribution in [2.75, 3.05) is 27.3 Å². The SMILES string of the molecule is COc1ccc(C2OCCN(C)Cc3cc(C4CC4)ccc32)cc1.